The SMILES string of the molecule is CC1CCC(C)N(c2cccc(F)c2C(=O)O)C1. The molecule has 1 saturated heterocycles. The van der Waals surface area contributed by atoms with Gasteiger partial charge in [-0.3, -0.25) is 0 Å². The van der Waals surface area contributed by atoms with Crippen LogP contribution in [0.15, 0.2) is 18.2 Å². The Labute approximate surface area is 106 Å². The molecule has 0 spiro atoms. The third kappa shape index (κ3) is 2.33. The zero-order valence-corrected chi connectivity index (χ0v) is 10.7. The highest BCUT2D eigenvalue weighted by molar-refractivity contribution is 5.94. The van der Waals surface area contributed by atoms with E-state index in [9.17, 15) is 9.18 Å². The van der Waals surface area contributed by atoms with E-state index in [1.165, 1.54) is 6.07 Å². The lowest BCUT2D eigenvalue weighted by Gasteiger charge is -2.39. The number of anilines is 1. The van der Waals surface area contributed by atoms with E-state index >= 15 is 0 Å². The van der Waals surface area contributed by atoms with E-state index in [2.05, 4.69) is 13.8 Å². The third-order valence-corrected chi connectivity index (χ3v) is 3.63. The lowest BCUT2D eigenvalue weighted by Crippen LogP contribution is -2.42. The highest BCUT2D eigenvalue weighted by atomic mass is 19.1. The largest absolute Gasteiger partial charge is 0.478 e. The van der Waals surface area contributed by atoms with E-state index in [1.807, 2.05) is 4.90 Å². The van der Waals surface area contributed by atoms with Crippen molar-refractivity contribution in [3.05, 3.63) is 29.6 Å². The molecule has 2 atom stereocenters. The molecule has 0 aromatic heterocycles. The molecule has 3 nitrogen and oxygen atoms in total. The topological polar surface area (TPSA) is 40.5 Å². The molecule has 1 aromatic rings. The third-order valence-electron chi connectivity index (χ3n) is 3.63. The van der Waals surface area contributed by atoms with E-state index in [-0.39, 0.29) is 11.6 Å². The molecule has 1 aliphatic heterocycles. The molecule has 0 amide bonds. The molecule has 1 fully saturated rings. The molecule has 2 rings (SSSR count). The van der Waals surface area contributed by atoms with E-state index in [0.717, 1.165) is 19.4 Å². The van der Waals surface area contributed by atoms with Gasteiger partial charge in [0.05, 0.1) is 5.69 Å². The number of hydrogen-bond acceptors (Lipinski definition) is 2. The van der Waals surface area contributed by atoms with Gasteiger partial charge in [0, 0.05) is 12.6 Å². The van der Waals surface area contributed by atoms with Crippen molar-refractivity contribution < 1.29 is 14.3 Å². The Morgan fingerprint density at radius 2 is 2.11 bits per heavy atom. The van der Waals surface area contributed by atoms with Crippen molar-refractivity contribution in [1.29, 1.82) is 0 Å². The molecular weight excluding hydrogens is 233 g/mol. The molecule has 0 radical (unpaired) electrons. The maximum absolute atomic E-state index is 13.7. The van der Waals surface area contributed by atoms with Crippen LogP contribution < -0.4 is 4.90 Å². The number of piperidine rings is 1. The summed E-state index contributed by atoms with van der Waals surface area (Å²) >= 11 is 0. The summed E-state index contributed by atoms with van der Waals surface area (Å²) in [5.41, 5.74) is 0.292. The van der Waals surface area contributed by atoms with Crippen molar-refractivity contribution in [2.75, 3.05) is 11.4 Å². The number of carbonyl (C=O) groups is 1. The second-order valence-electron chi connectivity index (χ2n) is 5.12. The van der Waals surface area contributed by atoms with E-state index in [0.29, 0.717) is 11.6 Å². The molecule has 1 aromatic carbocycles. The maximum Gasteiger partial charge on any atom is 0.340 e. The lowest BCUT2D eigenvalue weighted by molar-refractivity contribution is 0.0692. The van der Waals surface area contributed by atoms with Gasteiger partial charge < -0.3 is 10.0 Å². The zero-order valence-electron chi connectivity index (χ0n) is 10.7. The minimum absolute atomic E-state index is 0.210. The highest BCUT2D eigenvalue weighted by Gasteiger charge is 2.27. The number of rotatable bonds is 2. The number of hydrogen-bond donors (Lipinski definition) is 1. The number of aromatic carboxylic acids is 1. The summed E-state index contributed by atoms with van der Waals surface area (Å²) in [6, 6.07) is 4.72. The van der Waals surface area contributed by atoms with Gasteiger partial charge >= 0.3 is 5.97 Å². The van der Waals surface area contributed by atoms with Crippen molar-refractivity contribution in [3.8, 4) is 0 Å². The molecule has 18 heavy (non-hydrogen) atoms. The molecule has 0 saturated carbocycles. The summed E-state index contributed by atoms with van der Waals surface area (Å²) in [5, 5.41) is 9.16. The first-order chi connectivity index (χ1) is 8.50. The summed E-state index contributed by atoms with van der Waals surface area (Å²) in [4.78, 5) is 13.2. The van der Waals surface area contributed by atoms with Gasteiger partial charge in [-0.1, -0.05) is 13.0 Å². The van der Waals surface area contributed by atoms with Gasteiger partial charge in [-0.15, -0.1) is 0 Å². The molecule has 4 heteroatoms. The number of benzene rings is 1. The van der Waals surface area contributed by atoms with E-state index in [1.54, 1.807) is 12.1 Å². The Balaban J connectivity index is 2.43. The first kappa shape index (κ1) is 12.9. The van der Waals surface area contributed by atoms with E-state index in [4.69, 9.17) is 5.11 Å². The summed E-state index contributed by atoms with van der Waals surface area (Å²) in [6.45, 7) is 4.98. The van der Waals surface area contributed by atoms with Crippen LogP contribution in [0.3, 0.4) is 0 Å². The summed E-state index contributed by atoms with van der Waals surface area (Å²) < 4.78 is 13.7. The molecule has 98 valence electrons. The lowest BCUT2D eigenvalue weighted by atomic mass is 9.93. The molecule has 2 unspecified atom stereocenters. The molecular formula is C14H18FNO2. The number of carboxylic acid groups (broad SMARTS) is 1. The molecule has 1 N–H and O–H groups in total. The predicted molar refractivity (Wildman–Crippen MR) is 68.6 cm³/mol. The Kier molecular flexibility index (Phi) is 3.55. The molecule has 1 heterocycles. The summed E-state index contributed by atoms with van der Waals surface area (Å²) in [6.07, 6.45) is 2.14. The average molecular weight is 251 g/mol. The molecule has 1 aliphatic rings. The Bertz CT molecular complexity index is 461. The number of halogens is 1. The van der Waals surface area contributed by atoms with Gasteiger partial charge in [-0.2, -0.15) is 0 Å². The van der Waals surface area contributed by atoms with Crippen LogP contribution in [-0.2, 0) is 0 Å². The second-order valence-corrected chi connectivity index (χ2v) is 5.12. The molecule has 0 aliphatic carbocycles. The fourth-order valence-corrected chi connectivity index (χ4v) is 2.59. The Hall–Kier alpha value is -1.58. The minimum Gasteiger partial charge on any atom is -0.478 e. The number of carboxylic acids is 1. The standard InChI is InChI=1S/C14H18FNO2/c1-9-6-7-10(2)16(8-9)12-5-3-4-11(15)13(12)14(17)18/h3-5,9-10H,6-8H2,1-2H3,(H,17,18). The van der Waals surface area contributed by atoms with Gasteiger partial charge in [-0.25, -0.2) is 9.18 Å². The van der Waals surface area contributed by atoms with Gasteiger partial charge in [0.2, 0.25) is 0 Å². The highest BCUT2D eigenvalue weighted by Crippen LogP contribution is 2.31. The van der Waals surface area contributed by atoms with E-state index < -0.39 is 11.8 Å². The van der Waals surface area contributed by atoms with Crippen LogP contribution >= 0.6 is 0 Å². The summed E-state index contributed by atoms with van der Waals surface area (Å²) in [7, 11) is 0. The van der Waals surface area contributed by atoms with Crippen LogP contribution in [0, 0.1) is 11.7 Å². The van der Waals surface area contributed by atoms with Crippen LogP contribution in [-0.4, -0.2) is 23.7 Å². The average Bonchev–Trinajstić information content (AvgIpc) is 2.31. The number of nitrogens with zero attached hydrogens (tertiary/aromatic N) is 1. The minimum atomic E-state index is -1.20. The maximum atomic E-state index is 13.7. The predicted octanol–water partition coefficient (Wildman–Crippen LogP) is 3.15. The fraction of sp³-hybridized carbons (Fsp3) is 0.500. The first-order valence-corrected chi connectivity index (χ1v) is 6.29. The van der Waals surface area contributed by atoms with Crippen LogP contribution in [0.1, 0.15) is 37.0 Å². The summed E-state index contributed by atoms with van der Waals surface area (Å²) in [5.74, 6) is -1.36. The first-order valence-electron chi connectivity index (χ1n) is 6.29. The molecule has 0 bridgehead atoms. The van der Waals surface area contributed by atoms with Crippen molar-refractivity contribution in [1.82, 2.24) is 0 Å². The quantitative estimate of drug-likeness (QED) is 0.877. The van der Waals surface area contributed by atoms with Crippen LogP contribution in [0.4, 0.5) is 10.1 Å². The zero-order chi connectivity index (χ0) is 13.3. The van der Waals surface area contributed by atoms with Crippen molar-refractivity contribution in [3.63, 3.8) is 0 Å². The van der Waals surface area contributed by atoms with Gasteiger partial charge in [0.25, 0.3) is 0 Å². The monoisotopic (exact) mass is 251 g/mol. The Morgan fingerprint density at radius 1 is 1.39 bits per heavy atom. The van der Waals surface area contributed by atoms with Crippen LogP contribution in [0.25, 0.3) is 0 Å². The van der Waals surface area contributed by atoms with Crippen LogP contribution in [0.5, 0.6) is 0 Å². The second kappa shape index (κ2) is 4.96. The van der Waals surface area contributed by atoms with Crippen molar-refractivity contribution >= 4 is 11.7 Å². The van der Waals surface area contributed by atoms with Gasteiger partial charge in [0.1, 0.15) is 11.4 Å². The smallest absolute Gasteiger partial charge is 0.340 e. The van der Waals surface area contributed by atoms with Crippen molar-refractivity contribution in [2.45, 2.75) is 32.7 Å². The fourth-order valence-electron chi connectivity index (χ4n) is 2.59. The van der Waals surface area contributed by atoms with Crippen LogP contribution in [0.2, 0.25) is 0 Å². The van der Waals surface area contributed by atoms with Gasteiger partial charge in [0.15, 0.2) is 0 Å². The normalized spacial score (nSPS) is 24.1. The Morgan fingerprint density at radius 3 is 2.78 bits per heavy atom. The van der Waals surface area contributed by atoms with Crippen molar-refractivity contribution in [2.24, 2.45) is 5.92 Å². The van der Waals surface area contributed by atoms with Gasteiger partial charge in [-0.05, 0) is 37.8 Å².